The molecule has 0 fully saturated rings. The monoisotopic (exact) mass is 354 g/mol. The molecule has 1 atom stereocenters. The first-order valence-corrected chi connectivity index (χ1v) is 9.74. The minimum absolute atomic E-state index is 0.0867. The molecule has 0 saturated carbocycles. The van der Waals surface area contributed by atoms with Crippen LogP contribution in [-0.4, -0.2) is 5.91 Å². The number of rotatable bonds is 5. The van der Waals surface area contributed by atoms with E-state index in [2.05, 4.69) is 37.4 Å². The Morgan fingerprint density at radius 2 is 2.20 bits per heavy atom. The van der Waals surface area contributed by atoms with Crippen molar-refractivity contribution in [1.29, 1.82) is 5.26 Å². The molecule has 0 aliphatic heterocycles. The first-order valence-electron chi connectivity index (χ1n) is 8.93. The molecule has 0 unspecified atom stereocenters. The Labute approximate surface area is 153 Å². The van der Waals surface area contributed by atoms with Crippen LogP contribution in [0, 0.1) is 17.2 Å². The summed E-state index contributed by atoms with van der Waals surface area (Å²) in [7, 11) is 0. The molecule has 0 saturated heterocycles. The van der Waals surface area contributed by atoms with Crippen LogP contribution in [0.25, 0.3) is 0 Å². The van der Waals surface area contributed by atoms with E-state index in [1.165, 1.54) is 10.4 Å². The van der Waals surface area contributed by atoms with E-state index in [1.54, 1.807) is 11.3 Å². The fourth-order valence-corrected chi connectivity index (χ4v) is 4.72. The number of thiophene rings is 1. The highest BCUT2D eigenvalue weighted by Gasteiger charge is 2.25. The van der Waals surface area contributed by atoms with Crippen molar-refractivity contribution < 1.29 is 9.36 Å². The summed E-state index contributed by atoms with van der Waals surface area (Å²) < 4.78 is 1.87. The van der Waals surface area contributed by atoms with Crippen LogP contribution in [-0.2, 0) is 30.6 Å². The fraction of sp³-hybridized carbons (Fsp3) is 0.450. The van der Waals surface area contributed by atoms with Crippen molar-refractivity contribution in [2.45, 2.75) is 52.5 Å². The van der Waals surface area contributed by atoms with E-state index in [9.17, 15) is 10.1 Å². The number of anilines is 1. The van der Waals surface area contributed by atoms with Crippen LogP contribution in [0.2, 0.25) is 0 Å². The number of nitrogens with one attached hydrogen (secondary N) is 1. The molecule has 0 aromatic carbocycles. The molecule has 0 bridgehead atoms. The predicted molar refractivity (Wildman–Crippen MR) is 99.5 cm³/mol. The highest BCUT2D eigenvalue weighted by Crippen LogP contribution is 2.39. The smallest absolute Gasteiger partial charge is 0.290 e. The zero-order chi connectivity index (χ0) is 17.8. The number of pyridine rings is 1. The van der Waals surface area contributed by atoms with Gasteiger partial charge < -0.3 is 5.32 Å². The Morgan fingerprint density at radius 1 is 1.44 bits per heavy atom. The molecule has 0 radical (unpaired) electrons. The Morgan fingerprint density at radius 3 is 2.88 bits per heavy atom. The van der Waals surface area contributed by atoms with Gasteiger partial charge >= 0.3 is 0 Å². The number of carbonyl (C=O) groups is 1. The molecular weight excluding hydrogens is 330 g/mol. The van der Waals surface area contributed by atoms with Crippen LogP contribution in [0.3, 0.4) is 0 Å². The maximum atomic E-state index is 12.4. The van der Waals surface area contributed by atoms with Gasteiger partial charge in [-0.05, 0) is 42.7 Å². The van der Waals surface area contributed by atoms with Gasteiger partial charge in [-0.15, -0.1) is 11.3 Å². The van der Waals surface area contributed by atoms with Crippen molar-refractivity contribution >= 4 is 22.2 Å². The molecule has 1 aliphatic rings. The number of carbonyl (C=O) groups excluding carboxylic acids is 1. The summed E-state index contributed by atoms with van der Waals surface area (Å²) in [5.74, 6) is 0.565. The van der Waals surface area contributed by atoms with Crippen molar-refractivity contribution in [1.82, 2.24) is 0 Å². The molecule has 2 aromatic rings. The van der Waals surface area contributed by atoms with Gasteiger partial charge in [0.05, 0.1) is 5.56 Å². The summed E-state index contributed by atoms with van der Waals surface area (Å²) in [6.45, 7) is 4.66. The van der Waals surface area contributed by atoms with Crippen molar-refractivity contribution in [2.24, 2.45) is 5.92 Å². The third-order valence-corrected chi connectivity index (χ3v) is 5.87. The largest absolute Gasteiger partial charge is 0.311 e. The van der Waals surface area contributed by atoms with Gasteiger partial charge in [0.2, 0.25) is 6.54 Å². The van der Waals surface area contributed by atoms with E-state index in [0.717, 1.165) is 42.7 Å². The van der Waals surface area contributed by atoms with Crippen molar-refractivity contribution in [3.05, 3.63) is 46.1 Å². The Kier molecular flexibility index (Phi) is 5.50. The lowest BCUT2D eigenvalue weighted by Gasteiger charge is -2.17. The van der Waals surface area contributed by atoms with Crippen LogP contribution in [0.15, 0.2) is 24.5 Å². The van der Waals surface area contributed by atoms with Crippen LogP contribution < -0.4 is 9.88 Å². The summed E-state index contributed by atoms with van der Waals surface area (Å²) in [5.41, 5.74) is 3.10. The second-order valence-electron chi connectivity index (χ2n) is 6.84. The standard InChI is InChI=1S/C20H23N3OS/c1-3-4-15-7-9-23(10-8-15)13-19(24)22-20-17(12-21)16-6-5-14(2)11-18(16)25-20/h7-10,14H,3-6,11,13H2,1-2H3/p+1/t14-/m0/s1. The molecule has 4 nitrogen and oxygen atoms in total. The average molecular weight is 354 g/mol. The van der Waals surface area contributed by atoms with Gasteiger partial charge in [0.25, 0.3) is 5.91 Å². The molecule has 2 heterocycles. The Hall–Kier alpha value is -2.19. The molecule has 1 amide bonds. The molecule has 2 aromatic heterocycles. The molecule has 1 N–H and O–H groups in total. The van der Waals surface area contributed by atoms with Gasteiger partial charge in [0, 0.05) is 17.0 Å². The number of amides is 1. The molecule has 1 aliphatic carbocycles. The van der Waals surface area contributed by atoms with Crippen molar-refractivity contribution in [2.75, 3.05) is 5.32 Å². The molecule has 25 heavy (non-hydrogen) atoms. The van der Waals surface area contributed by atoms with E-state index < -0.39 is 0 Å². The fourth-order valence-electron chi connectivity index (χ4n) is 3.34. The molecular formula is C20H24N3OS+. The summed E-state index contributed by atoms with van der Waals surface area (Å²) in [6.07, 6.45) is 9.12. The van der Waals surface area contributed by atoms with E-state index in [4.69, 9.17) is 0 Å². The van der Waals surface area contributed by atoms with Crippen LogP contribution in [0.1, 0.15) is 48.3 Å². The van der Waals surface area contributed by atoms with Gasteiger partial charge in [-0.25, -0.2) is 0 Å². The quantitative estimate of drug-likeness (QED) is 0.834. The lowest BCUT2D eigenvalue weighted by Crippen LogP contribution is -2.39. The van der Waals surface area contributed by atoms with Crippen LogP contribution in [0.5, 0.6) is 0 Å². The lowest BCUT2D eigenvalue weighted by molar-refractivity contribution is -0.684. The third kappa shape index (κ3) is 4.08. The highest BCUT2D eigenvalue weighted by atomic mass is 32.1. The SMILES string of the molecule is CCCc1cc[n+](CC(=O)Nc2sc3c(c2C#N)CC[C@H](C)C3)cc1. The van der Waals surface area contributed by atoms with E-state index in [0.29, 0.717) is 11.5 Å². The minimum Gasteiger partial charge on any atom is -0.311 e. The van der Waals surface area contributed by atoms with Gasteiger partial charge in [-0.2, -0.15) is 9.83 Å². The van der Waals surface area contributed by atoms with E-state index >= 15 is 0 Å². The summed E-state index contributed by atoms with van der Waals surface area (Å²) in [4.78, 5) is 13.7. The van der Waals surface area contributed by atoms with Crippen molar-refractivity contribution in [3.63, 3.8) is 0 Å². The lowest BCUT2D eigenvalue weighted by atomic mass is 9.89. The number of fused-ring (bicyclic) bond motifs is 1. The predicted octanol–water partition coefficient (Wildman–Crippen LogP) is 3.62. The zero-order valence-corrected chi connectivity index (χ0v) is 15.7. The normalized spacial score (nSPS) is 16.1. The van der Waals surface area contributed by atoms with Gasteiger partial charge in [-0.1, -0.05) is 20.3 Å². The summed E-state index contributed by atoms with van der Waals surface area (Å²) in [6, 6.07) is 6.41. The Bertz CT molecular complexity index is 802. The molecule has 0 spiro atoms. The molecule has 130 valence electrons. The number of aryl methyl sites for hydroxylation is 1. The second kappa shape index (κ2) is 7.79. The maximum Gasteiger partial charge on any atom is 0.290 e. The number of aromatic nitrogens is 1. The number of hydrogen-bond donors (Lipinski definition) is 1. The van der Waals surface area contributed by atoms with Gasteiger partial charge in [0.1, 0.15) is 11.1 Å². The maximum absolute atomic E-state index is 12.4. The first kappa shape index (κ1) is 17.6. The highest BCUT2D eigenvalue weighted by molar-refractivity contribution is 7.16. The van der Waals surface area contributed by atoms with E-state index in [-0.39, 0.29) is 12.5 Å². The zero-order valence-electron chi connectivity index (χ0n) is 14.8. The van der Waals surface area contributed by atoms with Crippen molar-refractivity contribution in [3.8, 4) is 6.07 Å². The average Bonchev–Trinajstić information content (AvgIpc) is 2.92. The molecule has 5 heteroatoms. The van der Waals surface area contributed by atoms with Gasteiger partial charge in [0.15, 0.2) is 12.4 Å². The first-order chi connectivity index (χ1) is 12.1. The summed E-state index contributed by atoms with van der Waals surface area (Å²) >= 11 is 1.57. The van der Waals surface area contributed by atoms with Gasteiger partial charge in [-0.3, -0.25) is 4.79 Å². The number of nitrogens with zero attached hydrogens (tertiary/aromatic N) is 2. The van der Waals surface area contributed by atoms with Crippen LogP contribution in [0.4, 0.5) is 5.00 Å². The number of hydrogen-bond acceptors (Lipinski definition) is 3. The summed E-state index contributed by atoms with van der Waals surface area (Å²) in [5, 5.41) is 13.2. The third-order valence-electron chi connectivity index (χ3n) is 4.70. The Balaban J connectivity index is 1.70. The minimum atomic E-state index is -0.0867. The topological polar surface area (TPSA) is 56.8 Å². The van der Waals surface area contributed by atoms with Crippen LogP contribution >= 0.6 is 11.3 Å². The molecule has 3 rings (SSSR count). The van der Waals surface area contributed by atoms with E-state index in [1.807, 2.05) is 17.0 Å². The second-order valence-corrected chi connectivity index (χ2v) is 7.95. The number of nitriles is 1.